The summed E-state index contributed by atoms with van der Waals surface area (Å²) in [6.07, 6.45) is 4.37. The number of carbonyl (C=O) groups is 1. The molecule has 0 saturated heterocycles. The molecule has 0 heterocycles. The summed E-state index contributed by atoms with van der Waals surface area (Å²) >= 11 is 0. The lowest BCUT2D eigenvalue weighted by Gasteiger charge is -2.46. The quantitative estimate of drug-likeness (QED) is 0.875. The third-order valence-electron chi connectivity index (χ3n) is 4.67. The van der Waals surface area contributed by atoms with Crippen LogP contribution in [0, 0.1) is 5.41 Å². The van der Waals surface area contributed by atoms with Crippen LogP contribution in [-0.2, 0) is 4.79 Å². The van der Waals surface area contributed by atoms with Crippen molar-refractivity contribution in [3.05, 3.63) is 35.9 Å². The van der Waals surface area contributed by atoms with E-state index in [1.54, 1.807) is 0 Å². The van der Waals surface area contributed by atoms with E-state index in [1.165, 1.54) is 5.56 Å². The van der Waals surface area contributed by atoms with Crippen LogP contribution in [0.4, 0.5) is 0 Å². The van der Waals surface area contributed by atoms with Crippen LogP contribution in [-0.4, -0.2) is 17.1 Å². The number of carboxylic acids is 1. The van der Waals surface area contributed by atoms with Gasteiger partial charge in [-0.25, -0.2) is 0 Å². The Balaban J connectivity index is 2.39. The Kier molecular flexibility index (Phi) is 4.25. The van der Waals surface area contributed by atoms with E-state index >= 15 is 0 Å². The van der Waals surface area contributed by atoms with E-state index in [0.717, 1.165) is 25.7 Å². The predicted octanol–water partition coefficient (Wildman–Crippen LogP) is 3.15. The first-order chi connectivity index (χ1) is 9.06. The number of hydrogen-bond donors (Lipinski definition) is 2. The second kappa shape index (κ2) is 5.74. The molecule has 1 aromatic rings. The first-order valence-electron chi connectivity index (χ1n) is 7.08. The highest BCUT2D eigenvalue weighted by molar-refractivity contribution is 5.68. The molecule has 0 amide bonds. The zero-order chi connectivity index (χ0) is 13.9. The minimum Gasteiger partial charge on any atom is -0.481 e. The van der Waals surface area contributed by atoms with E-state index < -0.39 is 5.97 Å². The van der Waals surface area contributed by atoms with Gasteiger partial charge >= 0.3 is 5.97 Å². The van der Waals surface area contributed by atoms with Crippen molar-refractivity contribution in [2.75, 3.05) is 0 Å². The lowest BCUT2D eigenvalue weighted by atomic mass is 9.59. The van der Waals surface area contributed by atoms with Crippen molar-refractivity contribution in [2.45, 2.75) is 51.0 Å². The van der Waals surface area contributed by atoms with Gasteiger partial charge in [-0.05, 0) is 31.2 Å². The van der Waals surface area contributed by atoms with Crippen LogP contribution >= 0.6 is 0 Å². The molecule has 1 aromatic carbocycles. The Morgan fingerprint density at radius 2 is 2.11 bits per heavy atom. The van der Waals surface area contributed by atoms with Gasteiger partial charge in [0.2, 0.25) is 0 Å². The summed E-state index contributed by atoms with van der Waals surface area (Å²) in [6, 6.07) is 10.2. The van der Waals surface area contributed by atoms with E-state index in [-0.39, 0.29) is 23.8 Å². The van der Waals surface area contributed by atoms with Gasteiger partial charge in [0.15, 0.2) is 0 Å². The molecule has 3 heteroatoms. The van der Waals surface area contributed by atoms with Crippen molar-refractivity contribution in [1.82, 2.24) is 0 Å². The largest absolute Gasteiger partial charge is 0.481 e. The molecule has 1 aliphatic rings. The van der Waals surface area contributed by atoms with Gasteiger partial charge in [-0.3, -0.25) is 4.79 Å². The van der Waals surface area contributed by atoms with Crippen molar-refractivity contribution in [3.63, 3.8) is 0 Å². The van der Waals surface area contributed by atoms with Gasteiger partial charge < -0.3 is 10.8 Å². The Morgan fingerprint density at radius 1 is 1.42 bits per heavy atom. The first-order valence-corrected chi connectivity index (χ1v) is 7.08. The molecule has 1 fully saturated rings. The second-order valence-electron chi connectivity index (χ2n) is 5.80. The minimum atomic E-state index is -0.736. The molecular formula is C16H23NO2. The molecular weight excluding hydrogens is 238 g/mol. The highest BCUT2D eigenvalue weighted by Gasteiger charge is 2.45. The van der Waals surface area contributed by atoms with E-state index in [4.69, 9.17) is 5.73 Å². The summed E-state index contributed by atoms with van der Waals surface area (Å²) < 4.78 is 0. The minimum absolute atomic E-state index is 0.103. The van der Waals surface area contributed by atoms with Crippen molar-refractivity contribution in [1.29, 1.82) is 0 Å². The number of nitrogens with two attached hydrogens (primary N) is 1. The molecule has 1 aliphatic carbocycles. The molecule has 104 valence electrons. The maximum absolute atomic E-state index is 11.3. The van der Waals surface area contributed by atoms with Gasteiger partial charge in [0.05, 0.1) is 6.42 Å². The zero-order valence-electron chi connectivity index (χ0n) is 11.5. The number of benzene rings is 1. The lowest BCUT2D eigenvalue weighted by Crippen LogP contribution is -2.47. The average Bonchev–Trinajstić information content (AvgIpc) is 2.39. The Bertz CT molecular complexity index is 430. The van der Waals surface area contributed by atoms with Crippen LogP contribution in [0.1, 0.15) is 50.5 Å². The van der Waals surface area contributed by atoms with Crippen molar-refractivity contribution in [2.24, 2.45) is 11.1 Å². The topological polar surface area (TPSA) is 63.3 Å². The van der Waals surface area contributed by atoms with Gasteiger partial charge in [-0.2, -0.15) is 0 Å². The van der Waals surface area contributed by atoms with Crippen molar-refractivity contribution in [3.8, 4) is 0 Å². The van der Waals surface area contributed by atoms with Crippen LogP contribution in [0.5, 0.6) is 0 Å². The van der Waals surface area contributed by atoms with E-state index in [0.29, 0.717) is 0 Å². The fourth-order valence-corrected chi connectivity index (χ4v) is 3.65. The van der Waals surface area contributed by atoms with Gasteiger partial charge in [0.25, 0.3) is 0 Å². The Morgan fingerprint density at radius 3 is 2.68 bits per heavy atom. The maximum Gasteiger partial charge on any atom is 0.303 e. The summed E-state index contributed by atoms with van der Waals surface area (Å²) in [5.41, 5.74) is 7.15. The van der Waals surface area contributed by atoms with E-state index in [1.807, 2.05) is 25.1 Å². The van der Waals surface area contributed by atoms with Crippen LogP contribution in [0.15, 0.2) is 30.3 Å². The van der Waals surface area contributed by atoms with Gasteiger partial charge in [0.1, 0.15) is 0 Å². The monoisotopic (exact) mass is 261 g/mol. The molecule has 19 heavy (non-hydrogen) atoms. The highest BCUT2D eigenvalue weighted by atomic mass is 16.4. The molecule has 3 nitrogen and oxygen atoms in total. The summed E-state index contributed by atoms with van der Waals surface area (Å²) in [5.74, 6) is -0.473. The number of carboxylic acid groups (broad SMARTS) is 1. The molecule has 0 radical (unpaired) electrons. The lowest BCUT2D eigenvalue weighted by molar-refractivity contribution is -0.141. The SMILES string of the molecule is CC(N)C1(CC(=O)O)CCCCC1c1ccccc1. The van der Waals surface area contributed by atoms with Crippen LogP contribution < -0.4 is 5.73 Å². The van der Waals surface area contributed by atoms with E-state index in [2.05, 4.69) is 12.1 Å². The standard InChI is InChI=1S/C16H23NO2/c1-12(17)16(11-15(18)19)10-6-5-9-14(16)13-7-3-2-4-8-13/h2-4,7-8,12,14H,5-6,9-11,17H2,1H3,(H,18,19). The predicted molar refractivity (Wildman–Crippen MR) is 76.0 cm³/mol. The van der Waals surface area contributed by atoms with Gasteiger partial charge in [0, 0.05) is 11.5 Å². The average molecular weight is 261 g/mol. The number of rotatable bonds is 4. The molecule has 0 bridgehead atoms. The summed E-state index contributed by atoms with van der Waals surface area (Å²) in [5, 5.41) is 9.29. The van der Waals surface area contributed by atoms with Crippen molar-refractivity contribution < 1.29 is 9.90 Å². The fraction of sp³-hybridized carbons (Fsp3) is 0.562. The molecule has 3 N–H and O–H groups in total. The second-order valence-corrected chi connectivity index (χ2v) is 5.80. The fourth-order valence-electron chi connectivity index (χ4n) is 3.65. The van der Waals surface area contributed by atoms with Gasteiger partial charge in [-0.1, -0.05) is 43.2 Å². The molecule has 2 rings (SSSR count). The van der Waals surface area contributed by atoms with E-state index in [9.17, 15) is 9.90 Å². The molecule has 3 unspecified atom stereocenters. The molecule has 3 atom stereocenters. The zero-order valence-corrected chi connectivity index (χ0v) is 11.5. The Hall–Kier alpha value is -1.35. The first kappa shape index (κ1) is 14.1. The summed E-state index contributed by atoms with van der Waals surface area (Å²) in [6.45, 7) is 1.96. The number of hydrogen-bond acceptors (Lipinski definition) is 2. The molecule has 0 spiro atoms. The highest BCUT2D eigenvalue weighted by Crippen LogP contribution is 2.51. The summed E-state index contributed by atoms with van der Waals surface area (Å²) in [7, 11) is 0. The van der Waals surface area contributed by atoms with Crippen LogP contribution in [0.3, 0.4) is 0 Å². The smallest absolute Gasteiger partial charge is 0.303 e. The molecule has 0 aliphatic heterocycles. The van der Waals surface area contributed by atoms with Crippen LogP contribution in [0.25, 0.3) is 0 Å². The third kappa shape index (κ3) is 2.81. The Labute approximate surface area is 114 Å². The maximum atomic E-state index is 11.3. The summed E-state index contributed by atoms with van der Waals surface area (Å²) in [4.78, 5) is 11.3. The third-order valence-corrected chi connectivity index (χ3v) is 4.67. The normalized spacial score (nSPS) is 28.8. The van der Waals surface area contributed by atoms with Gasteiger partial charge in [-0.15, -0.1) is 0 Å². The van der Waals surface area contributed by atoms with Crippen LogP contribution in [0.2, 0.25) is 0 Å². The molecule has 0 aromatic heterocycles. The van der Waals surface area contributed by atoms with Crippen molar-refractivity contribution >= 4 is 5.97 Å². The molecule has 1 saturated carbocycles. The number of aliphatic carboxylic acids is 1.